The van der Waals surface area contributed by atoms with Gasteiger partial charge in [-0.05, 0) is 34.1 Å². The van der Waals surface area contributed by atoms with Gasteiger partial charge in [0.2, 0.25) is 0 Å². The molecule has 1 rings (SSSR count). The minimum Gasteiger partial charge on any atom is -0.354 e. The van der Waals surface area contributed by atoms with Gasteiger partial charge in [-0.15, -0.1) is 0 Å². The van der Waals surface area contributed by atoms with E-state index in [2.05, 4.69) is 21.2 Å². The van der Waals surface area contributed by atoms with Gasteiger partial charge in [0.05, 0.1) is 12.1 Å². The Morgan fingerprint density at radius 3 is 2.65 bits per heavy atom. The Bertz CT molecular complexity index is 396. The first-order chi connectivity index (χ1) is 8.08. The summed E-state index contributed by atoms with van der Waals surface area (Å²) in [4.78, 5) is 11.8. The highest BCUT2D eigenvalue weighted by molar-refractivity contribution is 9.10. The van der Waals surface area contributed by atoms with Crippen LogP contribution in [0.4, 0.5) is 0 Å². The molecule has 0 radical (unpaired) electrons. The highest BCUT2D eigenvalue weighted by Crippen LogP contribution is 2.21. The lowest BCUT2D eigenvalue weighted by Gasteiger charge is -2.14. The number of hydrogen-bond donors (Lipinski definition) is 1. The van der Waals surface area contributed by atoms with Gasteiger partial charge in [-0.2, -0.15) is 0 Å². The molecule has 0 aliphatic rings. The molecule has 0 bridgehead atoms. The molecule has 0 heterocycles. The second-order valence-electron chi connectivity index (χ2n) is 3.24. The summed E-state index contributed by atoms with van der Waals surface area (Å²) in [5.74, 6) is -0.215. The maximum absolute atomic E-state index is 11.8. The molecule has 1 amide bonds. The van der Waals surface area contributed by atoms with Crippen LogP contribution in [0.2, 0.25) is 5.02 Å². The second-order valence-corrected chi connectivity index (χ2v) is 4.53. The minimum atomic E-state index is -0.454. The summed E-state index contributed by atoms with van der Waals surface area (Å²) < 4.78 is 10.6. The Morgan fingerprint density at radius 2 is 2.12 bits per heavy atom. The molecule has 0 aliphatic carbocycles. The van der Waals surface area contributed by atoms with E-state index in [-0.39, 0.29) is 12.5 Å². The normalized spacial score (nSPS) is 10.6. The smallest absolute Gasteiger partial charge is 0.252 e. The van der Waals surface area contributed by atoms with E-state index in [0.717, 1.165) is 0 Å². The van der Waals surface area contributed by atoms with Crippen LogP contribution in [0.1, 0.15) is 10.4 Å². The van der Waals surface area contributed by atoms with Gasteiger partial charge in [0, 0.05) is 23.7 Å². The molecule has 4 nitrogen and oxygen atoms in total. The van der Waals surface area contributed by atoms with Crippen molar-refractivity contribution in [1.82, 2.24) is 5.32 Å². The van der Waals surface area contributed by atoms with E-state index in [1.165, 1.54) is 14.2 Å². The summed E-state index contributed by atoms with van der Waals surface area (Å²) in [7, 11) is 3.02. The Labute approximate surface area is 113 Å². The largest absolute Gasteiger partial charge is 0.354 e. The Balaban J connectivity index is 2.64. The average Bonchev–Trinajstić information content (AvgIpc) is 2.30. The first kappa shape index (κ1) is 14.4. The summed E-state index contributed by atoms with van der Waals surface area (Å²) in [6.45, 7) is 0.279. The fourth-order valence-corrected chi connectivity index (χ4v) is 2.07. The van der Waals surface area contributed by atoms with Crippen molar-refractivity contribution in [3.63, 3.8) is 0 Å². The Kier molecular flexibility index (Phi) is 5.91. The first-order valence-electron chi connectivity index (χ1n) is 4.87. The monoisotopic (exact) mass is 321 g/mol. The third-order valence-electron chi connectivity index (χ3n) is 2.13. The average molecular weight is 323 g/mol. The third kappa shape index (κ3) is 4.27. The molecule has 0 unspecified atom stereocenters. The van der Waals surface area contributed by atoms with Gasteiger partial charge in [0.15, 0.2) is 6.29 Å². The number of benzene rings is 1. The molecule has 0 saturated carbocycles. The van der Waals surface area contributed by atoms with Gasteiger partial charge in [-0.25, -0.2) is 0 Å². The zero-order chi connectivity index (χ0) is 12.8. The number of nitrogens with one attached hydrogen (secondary N) is 1. The molecule has 0 aliphatic heterocycles. The van der Waals surface area contributed by atoms with Crippen LogP contribution in [0.5, 0.6) is 0 Å². The Morgan fingerprint density at radius 1 is 1.47 bits per heavy atom. The molecule has 0 aromatic heterocycles. The molecular weight excluding hydrogens is 309 g/mol. The Hall–Kier alpha value is -0.620. The number of hydrogen-bond acceptors (Lipinski definition) is 3. The number of amides is 1. The van der Waals surface area contributed by atoms with Crippen molar-refractivity contribution in [3.8, 4) is 0 Å². The molecule has 0 fully saturated rings. The molecule has 0 spiro atoms. The fraction of sp³-hybridized carbons (Fsp3) is 0.364. The van der Waals surface area contributed by atoms with Crippen LogP contribution in [0.15, 0.2) is 22.7 Å². The predicted octanol–water partition coefficient (Wildman–Crippen LogP) is 2.45. The summed E-state index contributed by atoms with van der Waals surface area (Å²) in [6.07, 6.45) is -0.454. The van der Waals surface area contributed by atoms with Crippen LogP contribution < -0.4 is 5.32 Å². The van der Waals surface area contributed by atoms with Gasteiger partial charge in [-0.3, -0.25) is 4.79 Å². The van der Waals surface area contributed by atoms with Gasteiger partial charge in [0.25, 0.3) is 5.91 Å². The minimum absolute atomic E-state index is 0.215. The molecular formula is C11H13BrClNO3. The number of rotatable bonds is 5. The quantitative estimate of drug-likeness (QED) is 0.847. The van der Waals surface area contributed by atoms with Crippen molar-refractivity contribution in [1.29, 1.82) is 0 Å². The molecule has 0 saturated heterocycles. The molecule has 1 aromatic carbocycles. The lowest BCUT2D eigenvalue weighted by Crippen LogP contribution is -2.34. The van der Waals surface area contributed by atoms with Crippen molar-refractivity contribution in [2.75, 3.05) is 20.8 Å². The van der Waals surface area contributed by atoms with Crippen LogP contribution in [0, 0.1) is 0 Å². The number of carbonyl (C=O) groups excluding carboxylic acids is 1. The highest BCUT2D eigenvalue weighted by Gasteiger charge is 2.12. The lowest BCUT2D eigenvalue weighted by atomic mass is 10.2. The molecule has 17 heavy (non-hydrogen) atoms. The van der Waals surface area contributed by atoms with Crippen molar-refractivity contribution in [3.05, 3.63) is 33.3 Å². The van der Waals surface area contributed by atoms with E-state index < -0.39 is 6.29 Å². The van der Waals surface area contributed by atoms with Crippen LogP contribution in [0.25, 0.3) is 0 Å². The summed E-state index contributed by atoms with van der Waals surface area (Å²) in [6, 6.07) is 4.97. The number of ether oxygens (including phenoxy) is 2. The van der Waals surface area contributed by atoms with Crippen molar-refractivity contribution >= 4 is 33.4 Å². The zero-order valence-corrected chi connectivity index (χ0v) is 11.8. The van der Waals surface area contributed by atoms with Crippen LogP contribution >= 0.6 is 27.5 Å². The van der Waals surface area contributed by atoms with E-state index in [0.29, 0.717) is 15.1 Å². The maximum atomic E-state index is 11.8. The van der Waals surface area contributed by atoms with E-state index in [1.807, 2.05) is 0 Å². The second kappa shape index (κ2) is 6.96. The standard InChI is InChI=1S/C11H13BrClNO3/c1-16-10(17-2)6-14-11(15)8-4-3-7(13)5-9(8)12/h3-5,10H,6H2,1-2H3,(H,14,15). The van der Waals surface area contributed by atoms with Gasteiger partial charge >= 0.3 is 0 Å². The fourth-order valence-electron chi connectivity index (χ4n) is 1.21. The number of halogens is 2. The van der Waals surface area contributed by atoms with Crippen LogP contribution in [0.3, 0.4) is 0 Å². The topological polar surface area (TPSA) is 47.6 Å². The molecule has 1 N–H and O–H groups in total. The van der Waals surface area contributed by atoms with Crippen LogP contribution in [-0.4, -0.2) is 33.0 Å². The summed E-state index contributed by atoms with van der Waals surface area (Å²) in [5, 5.41) is 3.27. The van der Waals surface area contributed by atoms with Gasteiger partial charge in [-0.1, -0.05) is 11.6 Å². The number of carbonyl (C=O) groups is 1. The SMILES string of the molecule is COC(CNC(=O)c1ccc(Cl)cc1Br)OC. The molecule has 1 aromatic rings. The zero-order valence-electron chi connectivity index (χ0n) is 9.50. The van der Waals surface area contributed by atoms with Crippen LogP contribution in [-0.2, 0) is 9.47 Å². The highest BCUT2D eigenvalue weighted by atomic mass is 79.9. The van der Waals surface area contributed by atoms with Crippen molar-refractivity contribution in [2.24, 2.45) is 0 Å². The van der Waals surface area contributed by atoms with E-state index >= 15 is 0 Å². The predicted molar refractivity (Wildman–Crippen MR) is 69.3 cm³/mol. The van der Waals surface area contributed by atoms with Gasteiger partial charge < -0.3 is 14.8 Å². The third-order valence-corrected chi connectivity index (χ3v) is 3.02. The molecule has 0 atom stereocenters. The van der Waals surface area contributed by atoms with E-state index in [1.54, 1.807) is 18.2 Å². The van der Waals surface area contributed by atoms with Gasteiger partial charge in [0.1, 0.15) is 0 Å². The van der Waals surface area contributed by atoms with Crippen molar-refractivity contribution in [2.45, 2.75) is 6.29 Å². The van der Waals surface area contributed by atoms with Crippen molar-refractivity contribution < 1.29 is 14.3 Å². The van der Waals surface area contributed by atoms with E-state index in [4.69, 9.17) is 21.1 Å². The summed E-state index contributed by atoms with van der Waals surface area (Å²) in [5.41, 5.74) is 0.514. The lowest BCUT2D eigenvalue weighted by molar-refractivity contribution is -0.0974. The molecule has 6 heteroatoms. The first-order valence-corrected chi connectivity index (χ1v) is 6.04. The molecule has 94 valence electrons. The summed E-state index contributed by atoms with van der Waals surface area (Å²) >= 11 is 9.07. The maximum Gasteiger partial charge on any atom is 0.252 e. The van der Waals surface area contributed by atoms with E-state index in [9.17, 15) is 4.79 Å². The number of methoxy groups -OCH3 is 2.